The first-order chi connectivity index (χ1) is 13.6. The maximum atomic E-state index is 12.3. The Morgan fingerprint density at radius 3 is 2.75 bits per heavy atom. The summed E-state index contributed by atoms with van der Waals surface area (Å²) in [6, 6.07) is 10.6. The molecule has 2 aromatic heterocycles. The van der Waals surface area contributed by atoms with Crippen molar-refractivity contribution >= 4 is 16.9 Å². The van der Waals surface area contributed by atoms with Crippen molar-refractivity contribution in [3.8, 4) is 5.75 Å². The summed E-state index contributed by atoms with van der Waals surface area (Å²) < 4.78 is 11.1. The maximum absolute atomic E-state index is 12.3. The number of rotatable bonds is 8. The van der Waals surface area contributed by atoms with Gasteiger partial charge in [0.2, 0.25) is 0 Å². The molecule has 0 aliphatic carbocycles. The molecule has 1 atom stereocenters. The van der Waals surface area contributed by atoms with Crippen LogP contribution in [0, 0.1) is 0 Å². The summed E-state index contributed by atoms with van der Waals surface area (Å²) in [7, 11) is 0. The van der Waals surface area contributed by atoms with Gasteiger partial charge in [0.25, 0.3) is 5.91 Å². The summed E-state index contributed by atoms with van der Waals surface area (Å²) >= 11 is 0. The number of carbonyl (C=O) groups excluding carboxylic acids is 1. The molecule has 1 N–H and O–H groups in total. The third kappa shape index (κ3) is 4.97. The number of aromatic nitrogens is 1. The molecule has 6 heteroatoms. The van der Waals surface area contributed by atoms with Crippen LogP contribution < -0.4 is 15.7 Å². The van der Waals surface area contributed by atoms with Crippen LogP contribution in [0.15, 0.2) is 58.0 Å². The molecule has 0 aliphatic rings. The minimum atomic E-state index is -0.686. The molecule has 0 saturated carbocycles. The van der Waals surface area contributed by atoms with Gasteiger partial charge in [0.05, 0.1) is 0 Å². The van der Waals surface area contributed by atoms with Crippen molar-refractivity contribution < 1.29 is 13.9 Å². The number of ether oxygens (including phenoxy) is 1. The fourth-order valence-electron chi connectivity index (χ4n) is 2.95. The van der Waals surface area contributed by atoms with Crippen LogP contribution >= 0.6 is 0 Å². The largest absolute Gasteiger partial charge is 0.481 e. The molecule has 0 bridgehead atoms. The van der Waals surface area contributed by atoms with Crippen LogP contribution in [0.1, 0.15) is 37.8 Å². The molecular formula is C22H24N2O4. The average Bonchev–Trinajstić information content (AvgIpc) is 2.70. The van der Waals surface area contributed by atoms with E-state index < -0.39 is 6.10 Å². The second-order valence-electron chi connectivity index (χ2n) is 6.69. The van der Waals surface area contributed by atoms with Gasteiger partial charge in [-0.05, 0) is 55.2 Å². The Morgan fingerprint density at radius 1 is 1.21 bits per heavy atom. The number of hydrogen-bond donors (Lipinski definition) is 1. The Morgan fingerprint density at radius 2 is 2.00 bits per heavy atom. The summed E-state index contributed by atoms with van der Waals surface area (Å²) in [5.41, 5.74) is 2.03. The molecule has 3 rings (SSSR count). The van der Waals surface area contributed by atoms with Gasteiger partial charge in [0, 0.05) is 36.5 Å². The lowest BCUT2D eigenvalue weighted by atomic mass is 10.0. The van der Waals surface area contributed by atoms with E-state index in [0.29, 0.717) is 17.9 Å². The molecule has 6 nitrogen and oxygen atoms in total. The van der Waals surface area contributed by atoms with Gasteiger partial charge in [0.1, 0.15) is 11.3 Å². The van der Waals surface area contributed by atoms with E-state index in [1.54, 1.807) is 37.5 Å². The van der Waals surface area contributed by atoms with Gasteiger partial charge in [-0.15, -0.1) is 0 Å². The van der Waals surface area contributed by atoms with Crippen molar-refractivity contribution in [1.29, 1.82) is 0 Å². The average molecular weight is 380 g/mol. The number of nitrogens with zero attached hydrogens (tertiary/aromatic N) is 1. The molecule has 0 fully saturated rings. The molecule has 0 spiro atoms. The Kier molecular flexibility index (Phi) is 6.42. The van der Waals surface area contributed by atoms with Crippen LogP contribution in [0.3, 0.4) is 0 Å². The fraction of sp³-hybridized carbons (Fsp3) is 0.318. The fourth-order valence-corrected chi connectivity index (χ4v) is 2.95. The van der Waals surface area contributed by atoms with Crippen LogP contribution in [0.2, 0.25) is 0 Å². The molecule has 0 aliphatic heterocycles. The van der Waals surface area contributed by atoms with Crippen molar-refractivity contribution in [1.82, 2.24) is 10.3 Å². The SMILES string of the molecule is CCCCc1cc(=O)oc2cc(O[C@H](C)C(=O)NCc3ccncc3)ccc12. The van der Waals surface area contributed by atoms with Gasteiger partial charge in [-0.3, -0.25) is 9.78 Å². The molecule has 146 valence electrons. The van der Waals surface area contributed by atoms with Crippen LogP contribution in [0.4, 0.5) is 0 Å². The number of carbonyl (C=O) groups is 1. The van der Waals surface area contributed by atoms with Crippen molar-refractivity contribution in [2.75, 3.05) is 0 Å². The van der Waals surface area contributed by atoms with Crippen molar-refractivity contribution in [2.45, 2.75) is 45.8 Å². The molecule has 28 heavy (non-hydrogen) atoms. The van der Waals surface area contributed by atoms with E-state index in [1.807, 2.05) is 18.2 Å². The topological polar surface area (TPSA) is 81.4 Å². The lowest BCUT2D eigenvalue weighted by Crippen LogP contribution is -2.35. The normalized spacial score (nSPS) is 11.9. The Labute approximate surface area is 163 Å². The van der Waals surface area contributed by atoms with Gasteiger partial charge in [-0.25, -0.2) is 4.79 Å². The maximum Gasteiger partial charge on any atom is 0.336 e. The van der Waals surface area contributed by atoms with Gasteiger partial charge in [-0.2, -0.15) is 0 Å². The zero-order valence-corrected chi connectivity index (χ0v) is 16.1. The highest BCUT2D eigenvalue weighted by atomic mass is 16.5. The number of pyridine rings is 1. The van der Waals surface area contributed by atoms with Crippen LogP contribution in [0.5, 0.6) is 5.75 Å². The third-order valence-corrected chi connectivity index (χ3v) is 4.50. The molecule has 1 aromatic carbocycles. The number of benzene rings is 1. The molecule has 0 radical (unpaired) electrons. The highest BCUT2D eigenvalue weighted by molar-refractivity contribution is 5.83. The first-order valence-corrected chi connectivity index (χ1v) is 9.47. The van der Waals surface area contributed by atoms with E-state index >= 15 is 0 Å². The summed E-state index contributed by atoms with van der Waals surface area (Å²) in [4.78, 5) is 28.1. The molecule has 0 unspecified atom stereocenters. The highest BCUT2D eigenvalue weighted by Crippen LogP contribution is 2.24. The predicted molar refractivity (Wildman–Crippen MR) is 107 cm³/mol. The first-order valence-electron chi connectivity index (χ1n) is 9.47. The number of hydrogen-bond acceptors (Lipinski definition) is 5. The quantitative estimate of drug-likeness (QED) is 0.604. The smallest absolute Gasteiger partial charge is 0.336 e. The van der Waals surface area contributed by atoms with Crippen LogP contribution in [0.25, 0.3) is 11.0 Å². The molecule has 3 aromatic rings. The predicted octanol–water partition coefficient (Wildman–Crippen LogP) is 3.61. The number of fused-ring (bicyclic) bond motifs is 1. The molecule has 1 amide bonds. The summed E-state index contributed by atoms with van der Waals surface area (Å²) in [5, 5.41) is 3.73. The van der Waals surface area contributed by atoms with Crippen molar-refractivity contribution in [3.05, 3.63) is 70.3 Å². The number of nitrogens with one attached hydrogen (secondary N) is 1. The van der Waals surface area contributed by atoms with Gasteiger partial charge >= 0.3 is 5.63 Å². The Hall–Kier alpha value is -3.15. The number of aryl methyl sites for hydroxylation is 1. The molecular weight excluding hydrogens is 356 g/mol. The Bertz CT molecular complexity index is 998. The zero-order chi connectivity index (χ0) is 19.9. The van der Waals surface area contributed by atoms with E-state index in [9.17, 15) is 9.59 Å². The number of amides is 1. The second-order valence-corrected chi connectivity index (χ2v) is 6.69. The van der Waals surface area contributed by atoms with E-state index in [1.165, 1.54) is 0 Å². The highest BCUT2D eigenvalue weighted by Gasteiger charge is 2.15. The zero-order valence-electron chi connectivity index (χ0n) is 16.1. The van der Waals surface area contributed by atoms with E-state index in [2.05, 4.69) is 17.2 Å². The summed E-state index contributed by atoms with van der Waals surface area (Å²) in [5.74, 6) is 0.255. The third-order valence-electron chi connectivity index (χ3n) is 4.50. The van der Waals surface area contributed by atoms with E-state index in [0.717, 1.165) is 35.8 Å². The van der Waals surface area contributed by atoms with Gasteiger partial charge < -0.3 is 14.5 Å². The standard InChI is InChI=1S/C22H24N2O4/c1-3-4-5-17-12-21(25)28-20-13-18(6-7-19(17)20)27-15(2)22(26)24-14-16-8-10-23-11-9-16/h6-13,15H,3-5,14H2,1-2H3,(H,24,26)/t15-/m1/s1. The lowest BCUT2D eigenvalue weighted by Gasteiger charge is -2.15. The van der Waals surface area contributed by atoms with Gasteiger partial charge in [0.15, 0.2) is 6.10 Å². The summed E-state index contributed by atoms with van der Waals surface area (Å²) in [6.45, 7) is 4.20. The first kappa shape index (κ1) is 19.6. The summed E-state index contributed by atoms with van der Waals surface area (Å²) in [6.07, 6.45) is 5.56. The van der Waals surface area contributed by atoms with E-state index in [4.69, 9.17) is 9.15 Å². The van der Waals surface area contributed by atoms with Crippen molar-refractivity contribution in [2.24, 2.45) is 0 Å². The van der Waals surface area contributed by atoms with Gasteiger partial charge in [-0.1, -0.05) is 13.3 Å². The minimum absolute atomic E-state index is 0.227. The minimum Gasteiger partial charge on any atom is -0.481 e. The molecule has 0 saturated heterocycles. The lowest BCUT2D eigenvalue weighted by molar-refractivity contribution is -0.127. The number of unbranched alkanes of at least 4 members (excludes halogenated alkanes) is 1. The Balaban J connectivity index is 1.69. The van der Waals surface area contributed by atoms with Crippen LogP contribution in [-0.4, -0.2) is 17.0 Å². The van der Waals surface area contributed by atoms with Crippen molar-refractivity contribution in [3.63, 3.8) is 0 Å². The van der Waals surface area contributed by atoms with E-state index in [-0.39, 0.29) is 11.5 Å². The monoisotopic (exact) mass is 380 g/mol. The molecule has 2 heterocycles. The van der Waals surface area contributed by atoms with Crippen LogP contribution in [-0.2, 0) is 17.8 Å². The second kappa shape index (κ2) is 9.17.